The molecule has 21 heavy (non-hydrogen) atoms. The van der Waals surface area contributed by atoms with E-state index in [0.717, 1.165) is 9.35 Å². The number of hydrogen-bond acceptors (Lipinski definition) is 3. The SMILES string of the molecule is O=C(O)CCC(NC(=O)c1ccc(Br)s1)c1ccccc1. The molecule has 4 nitrogen and oxygen atoms in total. The third-order valence-electron chi connectivity index (χ3n) is 2.95. The maximum atomic E-state index is 12.2. The largest absolute Gasteiger partial charge is 0.481 e. The maximum absolute atomic E-state index is 12.2. The van der Waals surface area contributed by atoms with Gasteiger partial charge in [0.15, 0.2) is 0 Å². The van der Waals surface area contributed by atoms with Crippen LogP contribution in [0.3, 0.4) is 0 Å². The summed E-state index contributed by atoms with van der Waals surface area (Å²) < 4.78 is 0.884. The highest BCUT2D eigenvalue weighted by Gasteiger charge is 2.17. The first kappa shape index (κ1) is 15.7. The van der Waals surface area contributed by atoms with Gasteiger partial charge in [-0.3, -0.25) is 9.59 Å². The van der Waals surface area contributed by atoms with Gasteiger partial charge in [-0.1, -0.05) is 30.3 Å². The van der Waals surface area contributed by atoms with Gasteiger partial charge in [-0.25, -0.2) is 0 Å². The summed E-state index contributed by atoms with van der Waals surface area (Å²) in [6.07, 6.45) is 0.367. The molecule has 2 N–H and O–H groups in total. The number of hydrogen-bond donors (Lipinski definition) is 2. The third kappa shape index (κ3) is 4.68. The first-order chi connectivity index (χ1) is 10.1. The molecule has 0 saturated carbocycles. The standard InChI is InChI=1S/C15H14BrNO3S/c16-13-8-7-12(21-13)15(20)17-11(6-9-14(18)19)10-4-2-1-3-5-10/h1-5,7-8,11H,6,9H2,(H,17,20)(H,18,19). The highest BCUT2D eigenvalue weighted by molar-refractivity contribution is 9.11. The topological polar surface area (TPSA) is 66.4 Å². The van der Waals surface area contributed by atoms with Crippen molar-refractivity contribution in [1.29, 1.82) is 0 Å². The maximum Gasteiger partial charge on any atom is 0.303 e. The molecule has 6 heteroatoms. The van der Waals surface area contributed by atoms with Crippen LogP contribution in [0.25, 0.3) is 0 Å². The summed E-state index contributed by atoms with van der Waals surface area (Å²) in [5.41, 5.74) is 0.905. The van der Waals surface area contributed by atoms with Crippen molar-refractivity contribution in [1.82, 2.24) is 5.32 Å². The summed E-state index contributed by atoms with van der Waals surface area (Å²) in [5, 5.41) is 11.8. The second-order valence-corrected chi connectivity index (χ2v) is 6.94. The Kier molecular flexibility index (Phi) is 5.52. The van der Waals surface area contributed by atoms with Crippen LogP contribution >= 0.6 is 27.3 Å². The Bertz CT molecular complexity index is 627. The van der Waals surface area contributed by atoms with Gasteiger partial charge in [0.25, 0.3) is 5.91 Å². The number of halogens is 1. The molecule has 0 aliphatic heterocycles. The Labute approximate surface area is 134 Å². The van der Waals surface area contributed by atoms with Gasteiger partial charge in [-0.05, 0) is 40.0 Å². The van der Waals surface area contributed by atoms with E-state index >= 15 is 0 Å². The minimum Gasteiger partial charge on any atom is -0.481 e. The average molecular weight is 368 g/mol. The van der Waals surface area contributed by atoms with E-state index in [2.05, 4.69) is 21.2 Å². The summed E-state index contributed by atoms with van der Waals surface area (Å²) in [5.74, 6) is -1.06. The molecule has 0 fully saturated rings. The lowest BCUT2D eigenvalue weighted by Gasteiger charge is -2.18. The number of amides is 1. The summed E-state index contributed by atoms with van der Waals surface area (Å²) in [6.45, 7) is 0. The van der Waals surface area contributed by atoms with Crippen molar-refractivity contribution < 1.29 is 14.7 Å². The highest BCUT2D eigenvalue weighted by Crippen LogP contribution is 2.24. The fourth-order valence-corrected chi connectivity index (χ4v) is 3.23. The quantitative estimate of drug-likeness (QED) is 0.814. The molecular weight excluding hydrogens is 354 g/mol. The minimum atomic E-state index is -0.871. The van der Waals surface area contributed by atoms with E-state index in [1.807, 2.05) is 36.4 Å². The zero-order valence-electron chi connectivity index (χ0n) is 11.1. The van der Waals surface area contributed by atoms with Crippen LogP contribution in [0.1, 0.15) is 34.1 Å². The molecule has 2 rings (SSSR count). The Balaban J connectivity index is 2.12. The number of carboxylic acids is 1. The van der Waals surface area contributed by atoms with Gasteiger partial charge in [-0.2, -0.15) is 0 Å². The minimum absolute atomic E-state index is 0.00791. The number of benzene rings is 1. The number of rotatable bonds is 6. The van der Waals surface area contributed by atoms with Crippen molar-refractivity contribution in [3.63, 3.8) is 0 Å². The highest BCUT2D eigenvalue weighted by atomic mass is 79.9. The second-order valence-electron chi connectivity index (χ2n) is 4.47. The molecular formula is C15H14BrNO3S. The van der Waals surface area contributed by atoms with Crippen LogP contribution in [0.2, 0.25) is 0 Å². The van der Waals surface area contributed by atoms with Gasteiger partial charge < -0.3 is 10.4 Å². The Morgan fingerprint density at radius 3 is 2.48 bits per heavy atom. The number of nitrogens with one attached hydrogen (secondary N) is 1. The number of carboxylic acid groups (broad SMARTS) is 1. The van der Waals surface area contributed by atoms with Crippen LogP contribution in [0.4, 0.5) is 0 Å². The van der Waals surface area contributed by atoms with E-state index in [9.17, 15) is 9.59 Å². The molecule has 2 aromatic rings. The first-order valence-electron chi connectivity index (χ1n) is 6.39. The van der Waals surface area contributed by atoms with Crippen molar-refractivity contribution in [3.05, 3.63) is 56.7 Å². The van der Waals surface area contributed by atoms with Gasteiger partial charge >= 0.3 is 5.97 Å². The van der Waals surface area contributed by atoms with Crippen molar-refractivity contribution in [2.24, 2.45) is 0 Å². The van der Waals surface area contributed by atoms with Gasteiger partial charge in [-0.15, -0.1) is 11.3 Å². The van der Waals surface area contributed by atoms with E-state index in [4.69, 9.17) is 5.11 Å². The molecule has 1 heterocycles. The predicted octanol–water partition coefficient (Wildman–Crippen LogP) is 3.85. The molecule has 0 bridgehead atoms. The van der Waals surface area contributed by atoms with Gasteiger partial charge in [0, 0.05) is 6.42 Å². The van der Waals surface area contributed by atoms with Crippen LogP contribution in [-0.4, -0.2) is 17.0 Å². The fraction of sp³-hybridized carbons (Fsp3) is 0.200. The van der Waals surface area contributed by atoms with Crippen LogP contribution in [-0.2, 0) is 4.79 Å². The molecule has 1 atom stereocenters. The lowest BCUT2D eigenvalue weighted by atomic mass is 10.0. The summed E-state index contributed by atoms with van der Waals surface area (Å²) >= 11 is 4.67. The van der Waals surface area contributed by atoms with Crippen molar-refractivity contribution in [2.75, 3.05) is 0 Å². The number of thiophene rings is 1. The summed E-state index contributed by atoms with van der Waals surface area (Å²) in [7, 11) is 0. The van der Waals surface area contributed by atoms with Gasteiger partial charge in [0.1, 0.15) is 0 Å². The van der Waals surface area contributed by atoms with Gasteiger partial charge in [0.05, 0.1) is 14.7 Å². The van der Waals surface area contributed by atoms with Crippen LogP contribution < -0.4 is 5.32 Å². The molecule has 1 aromatic carbocycles. The fourth-order valence-electron chi connectivity index (χ4n) is 1.94. The molecule has 1 amide bonds. The number of carbonyl (C=O) groups excluding carboxylic acids is 1. The van der Waals surface area contributed by atoms with Crippen LogP contribution in [0, 0.1) is 0 Å². The van der Waals surface area contributed by atoms with E-state index in [0.29, 0.717) is 11.3 Å². The molecule has 1 aromatic heterocycles. The molecule has 0 aliphatic carbocycles. The first-order valence-corrected chi connectivity index (χ1v) is 8.00. The van der Waals surface area contributed by atoms with Crippen molar-refractivity contribution in [2.45, 2.75) is 18.9 Å². The van der Waals surface area contributed by atoms with Crippen molar-refractivity contribution >= 4 is 39.1 Å². The number of carbonyl (C=O) groups is 2. The zero-order valence-corrected chi connectivity index (χ0v) is 13.5. The van der Waals surface area contributed by atoms with Crippen LogP contribution in [0.5, 0.6) is 0 Å². The summed E-state index contributed by atoms with van der Waals surface area (Å²) in [4.78, 5) is 23.6. The Morgan fingerprint density at radius 2 is 1.90 bits per heavy atom. The van der Waals surface area contributed by atoms with E-state index in [-0.39, 0.29) is 18.4 Å². The lowest BCUT2D eigenvalue weighted by molar-refractivity contribution is -0.137. The molecule has 1 unspecified atom stereocenters. The zero-order chi connectivity index (χ0) is 15.2. The third-order valence-corrected chi connectivity index (χ3v) is 4.57. The van der Waals surface area contributed by atoms with E-state index in [1.165, 1.54) is 11.3 Å². The second kappa shape index (κ2) is 7.38. The molecule has 110 valence electrons. The van der Waals surface area contributed by atoms with E-state index < -0.39 is 5.97 Å². The summed E-state index contributed by atoms with van der Waals surface area (Å²) in [6, 6.07) is 12.6. The van der Waals surface area contributed by atoms with Crippen molar-refractivity contribution in [3.8, 4) is 0 Å². The number of aliphatic carboxylic acids is 1. The monoisotopic (exact) mass is 367 g/mol. The Hall–Kier alpha value is -1.66. The molecule has 0 saturated heterocycles. The predicted molar refractivity (Wildman–Crippen MR) is 85.5 cm³/mol. The Morgan fingerprint density at radius 1 is 1.19 bits per heavy atom. The van der Waals surface area contributed by atoms with E-state index in [1.54, 1.807) is 6.07 Å². The average Bonchev–Trinajstić information content (AvgIpc) is 2.90. The smallest absolute Gasteiger partial charge is 0.303 e. The molecule has 0 aliphatic rings. The normalized spacial score (nSPS) is 11.9. The molecule has 0 radical (unpaired) electrons. The van der Waals surface area contributed by atoms with Gasteiger partial charge in [0.2, 0.25) is 0 Å². The van der Waals surface area contributed by atoms with Crippen LogP contribution in [0.15, 0.2) is 46.3 Å². The lowest BCUT2D eigenvalue weighted by Crippen LogP contribution is -2.28. The molecule has 0 spiro atoms.